The lowest BCUT2D eigenvalue weighted by Gasteiger charge is -2.34. The number of likely N-dealkylation sites (tertiary alicyclic amines) is 1. The highest BCUT2D eigenvalue weighted by atomic mass is 127. The van der Waals surface area contributed by atoms with Crippen LogP contribution in [0.5, 0.6) is 0 Å². The molecular weight excluding hydrogens is 455 g/mol. The molecule has 0 aliphatic carbocycles. The highest BCUT2D eigenvalue weighted by Crippen LogP contribution is 2.19. The van der Waals surface area contributed by atoms with Crippen LogP contribution in [-0.4, -0.2) is 46.9 Å². The Morgan fingerprint density at radius 2 is 2.19 bits per heavy atom. The molecule has 1 unspecified atom stereocenters. The molecule has 1 atom stereocenters. The van der Waals surface area contributed by atoms with Crippen LogP contribution >= 0.6 is 24.0 Å². The third-order valence-electron chi connectivity index (χ3n) is 4.65. The van der Waals surface area contributed by atoms with Crippen molar-refractivity contribution in [2.45, 2.75) is 25.8 Å². The Balaban J connectivity index is 0.00000261. The third-order valence-corrected chi connectivity index (χ3v) is 4.65. The van der Waals surface area contributed by atoms with Crippen molar-refractivity contribution in [1.29, 1.82) is 0 Å². The SMILES string of the molecule is CN=C(NCc1ncc(-c2ccccc2)[nH]1)N1CCCC(CC(N)=O)C1.I. The molecule has 2 aromatic rings. The van der Waals surface area contributed by atoms with E-state index in [9.17, 15) is 4.79 Å². The molecule has 0 spiro atoms. The van der Waals surface area contributed by atoms with Crippen LogP contribution in [0.15, 0.2) is 41.5 Å². The third kappa shape index (κ3) is 5.95. The van der Waals surface area contributed by atoms with E-state index in [0.29, 0.717) is 18.9 Å². The maximum absolute atomic E-state index is 11.2. The number of imidazole rings is 1. The first-order valence-corrected chi connectivity index (χ1v) is 8.99. The maximum atomic E-state index is 11.2. The summed E-state index contributed by atoms with van der Waals surface area (Å²) >= 11 is 0. The Labute approximate surface area is 176 Å². The number of amides is 1. The number of aromatic nitrogens is 2. The summed E-state index contributed by atoms with van der Waals surface area (Å²) < 4.78 is 0. The number of nitrogens with one attached hydrogen (secondary N) is 2. The second kappa shape index (κ2) is 10.3. The van der Waals surface area contributed by atoms with E-state index in [1.54, 1.807) is 7.05 Å². The van der Waals surface area contributed by atoms with Gasteiger partial charge < -0.3 is 20.9 Å². The average molecular weight is 482 g/mol. The van der Waals surface area contributed by atoms with E-state index in [2.05, 4.69) is 37.3 Å². The smallest absolute Gasteiger partial charge is 0.217 e. The number of halogens is 1. The van der Waals surface area contributed by atoms with Gasteiger partial charge in [-0.3, -0.25) is 9.79 Å². The van der Waals surface area contributed by atoms with Crippen molar-refractivity contribution in [3.05, 3.63) is 42.4 Å². The van der Waals surface area contributed by atoms with Gasteiger partial charge in [0.05, 0.1) is 18.4 Å². The molecular formula is C19H27IN6O. The van der Waals surface area contributed by atoms with Crippen LogP contribution in [0.2, 0.25) is 0 Å². The fourth-order valence-electron chi connectivity index (χ4n) is 3.42. The molecule has 2 heterocycles. The van der Waals surface area contributed by atoms with Crippen molar-refractivity contribution in [2.24, 2.45) is 16.6 Å². The predicted molar refractivity (Wildman–Crippen MR) is 118 cm³/mol. The van der Waals surface area contributed by atoms with Crippen LogP contribution in [0.3, 0.4) is 0 Å². The number of hydrogen-bond donors (Lipinski definition) is 3. The molecule has 1 amide bonds. The molecule has 1 aromatic carbocycles. The Hall–Kier alpha value is -2.10. The lowest BCUT2D eigenvalue weighted by molar-refractivity contribution is -0.119. The quantitative estimate of drug-likeness (QED) is 0.346. The Kier molecular flexibility index (Phi) is 8.08. The van der Waals surface area contributed by atoms with Crippen LogP contribution in [0.4, 0.5) is 0 Å². The lowest BCUT2D eigenvalue weighted by Crippen LogP contribution is -2.47. The van der Waals surface area contributed by atoms with Gasteiger partial charge in [0.15, 0.2) is 5.96 Å². The van der Waals surface area contributed by atoms with Gasteiger partial charge in [0.2, 0.25) is 5.91 Å². The summed E-state index contributed by atoms with van der Waals surface area (Å²) in [6.07, 6.45) is 4.36. The van der Waals surface area contributed by atoms with Gasteiger partial charge in [0, 0.05) is 26.6 Å². The van der Waals surface area contributed by atoms with Crippen molar-refractivity contribution in [2.75, 3.05) is 20.1 Å². The summed E-state index contributed by atoms with van der Waals surface area (Å²) in [7, 11) is 1.78. The number of hydrogen-bond acceptors (Lipinski definition) is 3. The van der Waals surface area contributed by atoms with Gasteiger partial charge >= 0.3 is 0 Å². The number of aliphatic imine (C=N–C) groups is 1. The fraction of sp³-hybridized carbons (Fsp3) is 0.421. The molecule has 1 saturated heterocycles. The number of rotatable bonds is 5. The minimum absolute atomic E-state index is 0. The number of nitrogens with zero attached hydrogens (tertiary/aromatic N) is 3. The zero-order valence-electron chi connectivity index (χ0n) is 15.5. The van der Waals surface area contributed by atoms with E-state index >= 15 is 0 Å². The van der Waals surface area contributed by atoms with Crippen LogP contribution in [0.1, 0.15) is 25.1 Å². The highest BCUT2D eigenvalue weighted by Gasteiger charge is 2.23. The summed E-state index contributed by atoms with van der Waals surface area (Å²) in [5, 5.41) is 3.36. The molecule has 4 N–H and O–H groups in total. The molecule has 7 nitrogen and oxygen atoms in total. The standard InChI is InChI=1S/C19H26N6O.HI/c1-21-19(25-9-5-6-14(13-25)10-17(20)26)23-12-18-22-11-16(24-18)15-7-3-2-4-8-15;/h2-4,7-8,11,14H,5-6,9-10,12-13H2,1H3,(H2,20,26)(H,21,23)(H,22,24);1H. The van der Waals surface area contributed by atoms with Crippen molar-refractivity contribution >= 4 is 35.8 Å². The van der Waals surface area contributed by atoms with Crippen LogP contribution in [-0.2, 0) is 11.3 Å². The molecule has 8 heteroatoms. The summed E-state index contributed by atoms with van der Waals surface area (Å²) in [6, 6.07) is 10.1. The van der Waals surface area contributed by atoms with Gasteiger partial charge in [0.1, 0.15) is 5.82 Å². The van der Waals surface area contributed by atoms with Crippen molar-refractivity contribution in [3.63, 3.8) is 0 Å². The summed E-state index contributed by atoms with van der Waals surface area (Å²) in [4.78, 5) is 25.5. The summed E-state index contributed by atoms with van der Waals surface area (Å²) in [5.74, 6) is 1.75. The van der Waals surface area contributed by atoms with Gasteiger partial charge in [-0.2, -0.15) is 0 Å². The van der Waals surface area contributed by atoms with Crippen LogP contribution in [0, 0.1) is 5.92 Å². The number of nitrogens with two attached hydrogens (primary N) is 1. The van der Waals surface area contributed by atoms with Crippen molar-refractivity contribution in [1.82, 2.24) is 20.2 Å². The zero-order chi connectivity index (χ0) is 18.4. The minimum Gasteiger partial charge on any atom is -0.370 e. The predicted octanol–water partition coefficient (Wildman–Crippen LogP) is 2.36. The van der Waals surface area contributed by atoms with E-state index in [4.69, 9.17) is 5.73 Å². The van der Waals surface area contributed by atoms with E-state index in [-0.39, 0.29) is 29.9 Å². The highest BCUT2D eigenvalue weighted by molar-refractivity contribution is 14.0. The number of carbonyl (C=O) groups is 1. The zero-order valence-corrected chi connectivity index (χ0v) is 17.8. The first-order chi connectivity index (χ1) is 12.7. The Morgan fingerprint density at radius 1 is 1.41 bits per heavy atom. The minimum atomic E-state index is -0.233. The number of benzene rings is 1. The van der Waals surface area contributed by atoms with Crippen LogP contribution in [0.25, 0.3) is 11.3 Å². The number of guanidine groups is 1. The number of carbonyl (C=O) groups excluding carboxylic acids is 1. The first kappa shape index (κ1) is 21.2. The van der Waals surface area contributed by atoms with Gasteiger partial charge in [0.25, 0.3) is 0 Å². The monoisotopic (exact) mass is 482 g/mol. The van der Waals surface area contributed by atoms with E-state index in [0.717, 1.165) is 49.0 Å². The number of aromatic amines is 1. The second-order valence-corrected chi connectivity index (χ2v) is 6.64. The molecule has 3 rings (SSSR count). The van der Waals surface area contributed by atoms with Crippen molar-refractivity contribution < 1.29 is 4.79 Å². The van der Waals surface area contributed by atoms with Gasteiger partial charge in [-0.05, 0) is 24.3 Å². The van der Waals surface area contributed by atoms with Gasteiger partial charge in [-0.15, -0.1) is 24.0 Å². The molecule has 1 fully saturated rings. The van der Waals surface area contributed by atoms with Gasteiger partial charge in [-0.25, -0.2) is 4.98 Å². The molecule has 0 saturated carbocycles. The average Bonchev–Trinajstić information content (AvgIpc) is 3.12. The fourth-order valence-corrected chi connectivity index (χ4v) is 3.42. The Morgan fingerprint density at radius 3 is 2.89 bits per heavy atom. The van der Waals surface area contributed by atoms with E-state index < -0.39 is 0 Å². The summed E-state index contributed by atoms with van der Waals surface area (Å²) in [6.45, 7) is 2.30. The number of primary amides is 1. The van der Waals surface area contributed by atoms with E-state index in [1.165, 1.54) is 0 Å². The topological polar surface area (TPSA) is 99.4 Å². The molecule has 27 heavy (non-hydrogen) atoms. The molecule has 1 aliphatic heterocycles. The molecule has 1 aliphatic rings. The molecule has 0 bridgehead atoms. The maximum Gasteiger partial charge on any atom is 0.217 e. The second-order valence-electron chi connectivity index (χ2n) is 6.64. The van der Waals surface area contributed by atoms with Crippen molar-refractivity contribution in [3.8, 4) is 11.3 Å². The van der Waals surface area contributed by atoms with Crippen LogP contribution < -0.4 is 11.1 Å². The number of piperidine rings is 1. The molecule has 146 valence electrons. The summed E-state index contributed by atoms with van der Waals surface area (Å²) in [5.41, 5.74) is 7.46. The lowest BCUT2D eigenvalue weighted by atomic mass is 9.95. The molecule has 0 radical (unpaired) electrons. The molecule has 1 aromatic heterocycles. The van der Waals surface area contributed by atoms with E-state index in [1.807, 2.05) is 24.4 Å². The first-order valence-electron chi connectivity index (χ1n) is 8.99. The Bertz CT molecular complexity index is 761. The largest absolute Gasteiger partial charge is 0.370 e. The normalized spacial score (nSPS) is 17.3. The number of H-pyrrole nitrogens is 1. The van der Waals surface area contributed by atoms with Gasteiger partial charge in [-0.1, -0.05) is 30.3 Å².